The van der Waals surface area contributed by atoms with Gasteiger partial charge in [0.1, 0.15) is 0 Å². The van der Waals surface area contributed by atoms with Crippen LogP contribution in [-0.4, -0.2) is 52.5 Å². The topological polar surface area (TPSA) is 82.9 Å². The van der Waals surface area contributed by atoms with E-state index in [2.05, 4.69) is 10.00 Å². The van der Waals surface area contributed by atoms with Crippen LogP contribution in [0.1, 0.15) is 56.7 Å². The summed E-state index contributed by atoms with van der Waals surface area (Å²) in [5.74, 6) is -1.57. The monoisotopic (exact) mass is 363 g/mol. The Morgan fingerprint density at radius 2 is 1.73 bits per heavy atom. The quantitative estimate of drug-likeness (QED) is 0.600. The predicted molar refractivity (Wildman–Crippen MR) is 90.9 cm³/mol. The van der Waals surface area contributed by atoms with E-state index in [-0.39, 0.29) is 17.7 Å². The lowest BCUT2D eigenvalue weighted by Gasteiger charge is -2.24. The van der Waals surface area contributed by atoms with Crippen LogP contribution in [-0.2, 0) is 14.3 Å². The Labute approximate surface area is 152 Å². The number of likely N-dealkylation sites (tertiary alicyclic amines) is 1. The molecule has 0 radical (unpaired) electrons. The second kappa shape index (κ2) is 7.26. The van der Waals surface area contributed by atoms with Crippen molar-refractivity contribution in [3.05, 3.63) is 5.69 Å². The highest BCUT2D eigenvalue weighted by atomic mass is 16.7. The van der Waals surface area contributed by atoms with Crippen LogP contribution in [0.4, 0.5) is 0 Å². The highest BCUT2D eigenvalue weighted by Gasteiger charge is 2.35. The van der Waals surface area contributed by atoms with Crippen molar-refractivity contribution >= 4 is 11.9 Å². The van der Waals surface area contributed by atoms with Gasteiger partial charge in [-0.05, 0) is 45.7 Å². The summed E-state index contributed by atoms with van der Waals surface area (Å²) in [5.41, 5.74) is 0.717. The van der Waals surface area contributed by atoms with E-state index >= 15 is 0 Å². The average Bonchev–Trinajstić information content (AvgIpc) is 3.24. The van der Waals surface area contributed by atoms with Gasteiger partial charge in [-0.25, -0.2) is 9.59 Å². The number of nitrogens with zero attached hydrogens (tertiary/aromatic N) is 3. The lowest BCUT2D eigenvalue weighted by atomic mass is 9.95. The summed E-state index contributed by atoms with van der Waals surface area (Å²) in [5, 5.41) is 4.57. The molecule has 0 aromatic carbocycles. The van der Waals surface area contributed by atoms with Crippen LogP contribution < -0.4 is 9.47 Å². The van der Waals surface area contributed by atoms with Crippen molar-refractivity contribution in [2.75, 3.05) is 19.6 Å². The Hall–Kier alpha value is -2.09. The number of carbonyl (C=O) groups excluding carboxylic acids is 2. The summed E-state index contributed by atoms with van der Waals surface area (Å²) in [4.78, 5) is 26.2. The molecule has 2 aliphatic heterocycles. The van der Waals surface area contributed by atoms with Crippen LogP contribution in [0.2, 0.25) is 0 Å². The van der Waals surface area contributed by atoms with Crippen molar-refractivity contribution in [2.45, 2.75) is 64.2 Å². The molecule has 4 rings (SSSR count). The van der Waals surface area contributed by atoms with Crippen molar-refractivity contribution in [3.63, 3.8) is 0 Å². The molecule has 142 valence electrons. The largest absolute Gasteiger partial charge is 0.432 e. The van der Waals surface area contributed by atoms with Crippen LogP contribution in [0.5, 0.6) is 11.6 Å². The minimum Gasteiger partial charge on any atom is -0.432 e. The highest BCUT2D eigenvalue weighted by Crippen LogP contribution is 2.37. The van der Waals surface area contributed by atoms with Gasteiger partial charge < -0.3 is 14.2 Å². The second-order valence-corrected chi connectivity index (χ2v) is 7.31. The molecule has 2 fully saturated rings. The molecule has 0 spiro atoms. The number of fused-ring (bicyclic) bond motifs is 1. The molecule has 0 bridgehead atoms. The standard InChI is InChI=1S/C18H25N3O5/c1-12-15-16(19-21(12)13-7-3-2-4-8-13)24-14(11-20-9-5-6-10-20)25-17(22)18(23)26-15/h13-14H,2-11H2,1H3. The first-order valence-electron chi connectivity index (χ1n) is 9.52. The van der Waals surface area contributed by atoms with Gasteiger partial charge in [0.2, 0.25) is 5.75 Å². The smallest absolute Gasteiger partial charge is 0.423 e. The van der Waals surface area contributed by atoms with Crippen molar-refractivity contribution in [1.29, 1.82) is 0 Å². The molecule has 1 aromatic heterocycles. The minimum absolute atomic E-state index is 0.234. The Kier molecular flexibility index (Phi) is 4.84. The summed E-state index contributed by atoms with van der Waals surface area (Å²) >= 11 is 0. The fraction of sp³-hybridized carbons (Fsp3) is 0.722. The van der Waals surface area contributed by atoms with Crippen molar-refractivity contribution in [3.8, 4) is 11.6 Å². The molecule has 26 heavy (non-hydrogen) atoms. The van der Waals surface area contributed by atoms with Crippen LogP contribution >= 0.6 is 0 Å². The van der Waals surface area contributed by atoms with Crippen LogP contribution in [0, 0.1) is 6.92 Å². The maximum atomic E-state index is 12.0. The van der Waals surface area contributed by atoms with E-state index in [1.54, 1.807) is 0 Å². The van der Waals surface area contributed by atoms with Crippen LogP contribution in [0.25, 0.3) is 0 Å². The molecule has 0 amide bonds. The van der Waals surface area contributed by atoms with Crippen molar-refractivity contribution in [2.24, 2.45) is 0 Å². The van der Waals surface area contributed by atoms with E-state index in [0.717, 1.165) is 57.3 Å². The number of rotatable bonds is 3. The Morgan fingerprint density at radius 1 is 1.00 bits per heavy atom. The van der Waals surface area contributed by atoms with Gasteiger partial charge in [0, 0.05) is 0 Å². The zero-order chi connectivity index (χ0) is 18.1. The molecule has 8 heteroatoms. The molecule has 3 aliphatic rings. The lowest BCUT2D eigenvalue weighted by molar-refractivity contribution is -0.180. The number of hydrogen-bond donors (Lipinski definition) is 0. The lowest BCUT2D eigenvalue weighted by Crippen LogP contribution is -2.40. The van der Waals surface area contributed by atoms with Gasteiger partial charge in [0.05, 0.1) is 18.3 Å². The predicted octanol–water partition coefficient (Wildman–Crippen LogP) is 1.96. The van der Waals surface area contributed by atoms with Crippen molar-refractivity contribution < 1.29 is 23.8 Å². The maximum absolute atomic E-state index is 12.0. The maximum Gasteiger partial charge on any atom is 0.423 e. The molecular weight excluding hydrogens is 338 g/mol. The molecule has 1 unspecified atom stereocenters. The number of carbonyl (C=O) groups is 2. The molecule has 3 heterocycles. The normalized spacial score (nSPS) is 25.0. The first-order chi connectivity index (χ1) is 12.6. The zero-order valence-electron chi connectivity index (χ0n) is 15.1. The number of aromatic nitrogens is 2. The SMILES string of the molecule is Cc1c2c(nn1C1CCCCC1)OC(CN1CCCC1)OC(=O)C(=O)O2. The van der Waals surface area contributed by atoms with Gasteiger partial charge in [-0.15, -0.1) is 5.10 Å². The van der Waals surface area contributed by atoms with Gasteiger partial charge in [0.25, 0.3) is 12.2 Å². The van der Waals surface area contributed by atoms with E-state index < -0.39 is 18.2 Å². The Balaban J connectivity index is 1.61. The third-order valence-corrected chi connectivity index (χ3v) is 5.43. The first-order valence-corrected chi connectivity index (χ1v) is 9.52. The third-order valence-electron chi connectivity index (χ3n) is 5.43. The molecule has 1 saturated heterocycles. The average molecular weight is 363 g/mol. The van der Waals surface area contributed by atoms with Gasteiger partial charge in [-0.1, -0.05) is 19.3 Å². The molecular formula is C18H25N3O5. The van der Waals surface area contributed by atoms with E-state index in [0.29, 0.717) is 6.54 Å². The number of cyclic esters (lactones) is 1. The van der Waals surface area contributed by atoms with Gasteiger partial charge in [-0.3, -0.25) is 9.58 Å². The Morgan fingerprint density at radius 3 is 2.46 bits per heavy atom. The van der Waals surface area contributed by atoms with Crippen LogP contribution in [0.15, 0.2) is 0 Å². The molecule has 1 saturated carbocycles. The fourth-order valence-corrected chi connectivity index (χ4v) is 4.05. The van der Waals surface area contributed by atoms with Gasteiger partial charge in [0.15, 0.2) is 0 Å². The number of hydrogen-bond acceptors (Lipinski definition) is 7. The Bertz CT molecular complexity index is 689. The third kappa shape index (κ3) is 3.42. The molecule has 8 nitrogen and oxygen atoms in total. The fourth-order valence-electron chi connectivity index (χ4n) is 4.05. The van der Waals surface area contributed by atoms with E-state index in [1.807, 2.05) is 11.6 Å². The first kappa shape index (κ1) is 17.3. The van der Waals surface area contributed by atoms with Gasteiger partial charge in [-0.2, -0.15) is 0 Å². The van der Waals surface area contributed by atoms with Crippen molar-refractivity contribution in [1.82, 2.24) is 14.7 Å². The van der Waals surface area contributed by atoms with Gasteiger partial charge >= 0.3 is 11.9 Å². The van der Waals surface area contributed by atoms with E-state index in [1.165, 1.54) is 6.42 Å². The molecule has 1 aromatic rings. The second-order valence-electron chi connectivity index (χ2n) is 7.31. The molecule has 1 aliphatic carbocycles. The minimum atomic E-state index is -1.02. The number of esters is 2. The number of ether oxygens (including phenoxy) is 3. The summed E-state index contributed by atoms with van der Waals surface area (Å²) in [6.45, 7) is 4.14. The molecule has 1 atom stereocenters. The summed E-state index contributed by atoms with van der Waals surface area (Å²) in [6.07, 6.45) is 7.02. The molecule has 0 N–H and O–H groups in total. The zero-order valence-corrected chi connectivity index (χ0v) is 15.1. The summed E-state index contributed by atoms with van der Waals surface area (Å²) < 4.78 is 18.2. The highest BCUT2D eigenvalue weighted by molar-refractivity contribution is 6.30. The summed E-state index contributed by atoms with van der Waals surface area (Å²) in [7, 11) is 0. The summed E-state index contributed by atoms with van der Waals surface area (Å²) in [6, 6.07) is 0.271. The van der Waals surface area contributed by atoms with E-state index in [9.17, 15) is 9.59 Å². The van der Waals surface area contributed by atoms with E-state index in [4.69, 9.17) is 14.2 Å². The van der Waals surface area contributed by atoms with Crippen LogP contribution in [0.3, 0.4) is 0 Å².